The molecule has 2 N–H and O–H groups in total. The number of nitrogens with one attached hydrogen (secondary N) is 1. The van der Waals surface area contributed by atoms with E-state index in [-0.39, 0.29) is 5.75 Å². The van der Waals surface area contributed by atoms with Crippen LogP contribution in [0, 0.1) is 6.92 Å². The Kier molecular flexibility index (Phi) is 4.72. The first-order valence-corrected chi connectivity index (χ1v) is 8.17. The lowest BCUT2D eigenvalue weighted by atomic mass is 10.1. The van der Waals surface area contributed by atoms with Crippen molar-refractivity contribution in [3.8, 4) is 11.5 Å². The van der Waals surface area contributed by atoms with Crippen LogP contribution in [0.4, 0.5) is 5.69 Å². The number of quaternary nitrogens is 1. The number of ether oxygens (including phenoxy) is 1. The largest absolute Gasteiger partial charge is 0.504 e. The van der Waals surface area contributed by atoms with Gasteiger partial charge in [0.15, 0.2) is 11.5 Å². The van der Waals surface area contributed by atoms with Gasteiger partial charge in [-0.05, 0) is 36.8 Å². The molecule has 1 saturated heterocycles. The summed E-state index contributed by atoms with van der Waals surface area (Å²) in [6.07, 6.45) is 0. The number of benzene rings is 2. The van der Waals surface area contributed by atoms with Gasteiger partial charge in [0.2, 0.25) is 0 Å². The number of hydrogen-bond donors (Lipinski definition) is 2. The number of aryl methyl sites for hydroxylation is 1. The van der Waals surface area contributed by atoms with Gasteiger partial charge in [-0.2, -0.15) is 0 Å². The molecule has 0 aliphatic carbocycles. The van der Waals surface area contributed by atoms with Crippen molar-refractivity contribution < 1.29 is 14.7 Å². The lowest BCUT2D eigenvalue weighted by molar-refractivity contribution is -0.914. The Bertz CT molecular complexity index is 664. The fraction of sp³-hybridized carbons (Fsp3) is 0.368. The quantitative estimate of drug-likeness (QED) is 0.900. The predicted molar refractivity (Wildman–Crippen MR) is 92.5 cm³/mol. The standard InChI is InChI=1S/C19H24N2O2/c1-15-5-3-4-6-17(15)21-11-9-20(10-12-21)14-16-7-8-18(22)19(13-16)23-2/h3-8,13,22H,9-12,14H2,1-2H3/p+1. The first-order valence-electron chi connectivity index (χ1n) is 8.17. The lowest BCUT2D eigenvalue weighted by Crippen LogP contribution is -3.13. The zero-order valence-electron chi connectivity index (χ0n) is 13.9. The Balaban J connectivity index is 1.60. The molecule has 0 atom stereocenters. The van der Waals surface area contributed by atoms with Crippen molar-refractivity contribution in [3.63, 3.8) is 0 Å². The predicted octanol–water partition coefficient (Wildman–Crippen LogP) is 1.61. The molecule has 2 aromatic rings. The van der Waals surface area contributed by atoms with Crippen molar-refractivity contribution in [2.75, 3.05) is 38.2 Å². The average Bonchev–Trinajstić information content (AvgIpc) is 2.58. The Morgan fingerprint density at radius 3 is 2.57 bits per heavy atom. The molecule has 0 aromatic heterocycles. The van der Waals surface area contributed by atoms with Gasteiger partial charge in [-0.15, -0.1) is 0 Å². The number of rotatable bonds is 4. The molecular weight excluding hydrogens is 288 g/mol. The SMILES string of the molecule is COc1cc(C[NH+]2CCN(c3ccccc3C)CC2)ccc1O. The molecule has 0 unspecified atom stereocenters. The Labute approximate surface area is 137 Å². The normalized spacial score (nSPS) is 15.7. The maximum atomic E-state index is 9.69. The highest BCUT2D eigenvalue weighted by molar-refractivity contribution is 5.53. The molecule has 4 nitrogen and oxygen atoms in total. The van der Waals surface area contributed by atoms with Gasteiger partial charge >= 0.3 is 0 Å². The second-order valence-electron chi connectivity index (χ2n) is 6.21. The minimum atomic E-state index is 0.204. The van der Waals surface area contributed by atoms with Crippen molar-refractivity contribution in [2.24, 2.45) is 0 Å². The highest BCUT2D eigenvalue weighted by Gasteiger charge is 2.21. The zero-order chi connectivity index (χ0) is 16.2. The van der Waals surface area contributed by atoms with Crippen LogP contribution in [-0.2, 0) is 6.54 Å². The number of phenols is 1. The van der Waals surface area contributed by atoms with E-state index >= 15 is 0 Å². The zero-order valence-corrected chi connectivity index (χ0v) is 13.9. The van der Waals surface area contributed by atoms with Crippen LogP contribution < -0.4 is 14.5 Å². The van der Waals surface area contributed by atoms with E-state index in [1.165, 1.54) is 16.8 Å². The van der Waals surface area contributed by atoms with Gasteiger partial charge in [-0.1, -0.05) is 18.2 Å². The third-order valence-corrected chi connectivity index (χ3v) is 4.62. The summed E-state index contributed by atoms with van der Waals surface area (Å²) in [4.78, 5) is 4.05. The topological polar surface area (TPSA) is 37.1 Å². The van der Waals surface area contributed by atoms with Gasteiger partial charge in [0.1, 0.15) is 6.54 Å². The van der Waals surface area contributed by atoms with Crippen molar-refractivity contribution in [1.82, 2.24) is 0 Å². The molecule has 0 radical (unpaired) electrons. The van der Waals surface area contributed by atoms with Crippen LogP contribution >= 0.6 is 0 Å². The van der Waals surface area contributed by atoms with E-state index in [0.29, 0.717) is 5.75 Å². The van der Waals surface area contributed by atoms with Crippen LogP contribution in [-0.4, -0.2) is 38.4 Å². The summed E-state index contributed by atoms with van der Waals surface area (Å²) < 4.78 is 5.20. The minimum absolute atomic E-state index is 0.204. The highest BCUT2D eigenvalue weighted by Crippen LogP contribution is 2.26. The first-order chi connectivity index (χ1) is 11.2. The second-order valence-corrected chi connectivity index (χ2v) is 6.21. The van der Waals surface area contributed by atoms with Gasteiger partial charge in [0.25, 0.3) is 0 Å². The van der Waals surface area contributed by atoms with E-state index in [2.05, 4.69) is 36.1 Å². The van der Waals surface area contributed by atoms with Crippen molar-refractivity contribution >= 4 is 5.69 Å². The number of methoxy groups -OCH3 is 1. The molecule has 1 heterocycles. The van der Waals surface area contributed by atoms with Gasteiger partial charge < -0.3 is 19.6 Å². The second kappa shape index (κ2) is 6.92. The molecule has 3 rings (SSSR count). The van der Waals surface area contributed by atoms with Crippen molar-refractivity contribution in [1.29, 1.82) is 0 Å². The summed E-state index contributed by atoms with van der Waals surface area (Å²) in [7, 11) is 1.59. The van der Waals surface area contributed by atoms with E-state index in [1.807, 2.05) is 12.1 Å². The lowest BCUT2D eigenvalue weighted by Gasteiger charge is -2.34. The number of piperazine rings is 1. The number of hydrogen-bond acceptors (Lipinski definition) is 3. The minimum Gasteiger partial charge on any atom is -0.504 e. The van der Waals surface area contributed by atoms with Crippen LogP contribution in [0.5, 0.6) is 11.5 Å². The average molecular weight is 313 g/mol. The van der Waals surface area contributed by atoms with Gasteiger partial charge in [0, 0.05) is 11.3 Å². The molecule has 122 valence electrons. The number of aromatic hydroxyl groups is 1. The molecular formula is C19H25N2O2+. The Morgan fingerprint density at radius 2 is 1.87 bits per heavy atom. The molecule has 1 aliphatic heterocycles. The maximum Gasteiger partial charge on any atom is 0.160 e. The summed E-state index contributed by atoms with van der Waals surface area (Å²) >= 11 is 0. The van der Waals surface area contributed by atoms with Crippen LogP contribution in [0.2, 0.25) is 0 Å². The van der Waals surface area contributed by atoms with Crippen molar-refractivity contribution in [3.05, 3.63) is 53.6 Å². The molecule has 0 amide bonds. The molecule has 0 spiro atoms. The Hall–Kier alpha value is -2.20. The van der Waals surface area contributed by atoms with E-state index in [9.17, 15) is 5.11 Å². The first kappa shape index (κ1) is 15.7. The van der Waals surface area contributed by atoms with Gasteiger partial charge in [0.05, 0.1) is 33.3 Å². The highest BCUT2D eigenvalue weighted by atomic mass is 16.5. The fourth-order valence-corrected chi connectivity index (χ4v) is 3.28. The number of nitrogens with zero attached hydrogens (tertiary/aromatic N) is 1. The Morgan fingerprint density at radius 1 is 1.13 bits per heavy atom. The molecule has 2 aromatic carbocycles. The van der Waals surface area contributed by atoms with Gasteiger partial charge in [-0.3, -0.25) is 0 Å². The number of anilines is 1. The monoisotopic (exact) mass is 313 g/mol. The third kappa shape index (κ3) is 3.59. The smallest absolute Gasteiger partial charge is 0.160 e. The van der Waals surface area contributed by atoms with Crippen molar-refractivity contribution in [2.45, 2.75) is 13.5 Å². The van der Waals surface area contributed by atoms with Gasteiger partial charge in [-0.25, -0.2) is 0 Å². The molecule has 4 heteroatoms. The van der Waals surface area contributed by atoms with Crippen LogP contribution in [0.1, 0.15) is 11.1 Å². The van der Waals surface area contributed by atoms with Crippen LogP contribution in [0.3, 0.4) is 0 Å². The van der Waals surface area contributed by atoms with Crippen LogP contribution in [0.15, 0.2) is 42.5 Å². The van der Waals surface area contributed by atoms with Crippen LogP contribution in [0.25, 0.3) is 0 Å². The van der Waals surface area contributed by atoms with E-state index in [0.717, 1.165) is 32.7 Å². The van der Waals surface area contributed by atoms with E-state index in [1.54, 1.807) is 18.1 Å². The number of para-hydroxylation sites is 1. The molecule has 0 saturated carbocycles. The fourth-order valence-electron chi connectivity index (χ4n) is 3.28. The molecule has 1 aliphatic rings. The summed E-state index contributed by atoms with van der Waals surface area (Å²) in [5.74, 6) is 0.760. The summed E-state index contributed by atoms with van der Waals surface area (Å²) in [6.45, 7) is 7.55. The maximum absolute atomic E-state index is 9.69. The molecule has 0 bridgehead atoms. The summed E-state index contributed by atoms with van der Waals surface area (Å²) in [5, 5.41) is 9.69. The summed E-state index contributed by atoms with van der Waals surface area (Å²) in [5.41, 5.74) is 3.91. The third-order valence-electron chi connectivity index (χ3n) is 4.62. The molecule has 23 heavy (non-hydrogen) atoms. The van der Waals surface area contributed by atoms with E-state index in [4.69, 9.17) is 4.74 Å². The number of phenolic OH excluding ortho intramolecular Hbond substituents is 1. The van der Waals surface area contributed by atoms with E-state index < -0.39 is 0 Å². The summed E-state index contributed by atoms with van der Waals surface area (Å²) in [6, 6.07) is 14.2. The molecule has 1 fully saturated rings.